The SMILES string of the molecule is Cc1cc(NC(=O)/C(=C/c2ccc(N(C)C)cc2)NC(=O)c2ccccc2F)ccc1Br. The molecule has 32 heavy (non-hydrogen) atoms. The van der Waals surface area contributed by atoms with Crippen molar-refractivity contribution in [3.8, 4) is 0 Å². The first-order valence-corrected chi connectivity index (χ1v) is 10.7. The minimum Gasteiger partial charge on any atom is -0.378 e. The van der Waals surface area contributed by atoms with E-state index in [4.69, 9.17) is 0 Å². The number of carbonyl (C=O) groups is 2. The molecule has 2 amide bonds. The average Bonchev–Trinajstić information content (AvgIpc) is 2.76. The van der Waals surface area contributed by atoms with Crippen LogP contribution < -0.4 is 15.5 Å². The lowest BCUT2D eigenvalue weighted by molar-refractivity contribution is -0.113. The molecule has 0 aliphatic carbocycles. The van der Waals surface area contributed by atoms with Crippen molar-refractivity contribution in [2.75, 3.05) is 24.3 Å². The first kappa shape index (κ1) is 23.2. The second-order valence-electron chi connectivity index (χ2n) is 7.40. The average molecular weight is 496 g/mol. The number of carbonyl (C=O) groups excluding carboxylic acids is 2. The molecule has 3 rings (SSSR count). The fourth-order valence-corrected chi connectivity index (χ4v) is 3.20. The quantitative estimate of drug-likeness (QED) is 0.451. The van der Waals surface area contributed by atoms with Crippen LogP contribution >= 0.6 is 15.9 Å². The van der Waals surface area contributed by atoms with Gasteiger partial charge in [-0.3, -0.25) is 9.59 Å². The Kier molecular flexibility index (Phi) is 7.43. The Hall–Kier alpha value is -3.45. The van der Waals surface area contributed by atoms with Gasteiger partial charge in [0.25, 0.3) is 11.8 Å². The highest BCUT2D eigenvalue weighted by molar-refractivity contribution is 9.10. The molecule has 3 aromatic rings. The molecule has 0 unspecified atom stereocenters. The molecule has 0 aromatic heterocycles. The number of hydrogen-bond acceptors (Lipinski definition) is 3. The van der Waals surface area contributed by atoms with E-state index in [1.165, 1.54) is 18.2 Å². The molecule has 0 aliphatic rings. The lowest BCUT2D eigenvalue weighted by Gasteiger charge is -2.14. The number of nitrogens with one attached hydrogen (secondary N) is 2. The molecule has 0 heterocycles. The van der Waals surface area contributed by atoms with Crippen molar-refractivity contribution >= 4 is 45.2 Å². The predicted molar refractivity (Wildman–Crippen MR) is 130 cm³/mol. The van der Waals surface area contributed by atoms with Crippen LogP contribution in [0.1, 0.15) is 21.5 Å². The lowest BCUT2D eigenvalue weighted by atomic mass is 10.1. The van der Waals surface area contributed by atoms with Crippen molar-refractivity contribution in [1.29, 1.82) is 0 Å². The highest BCUT2D eigenvalue weighted by Gasteiger charge is 2.17. The summed E-state index contributed by atoms with van der Waals surface area (Å²) in [6, 6.07) is 18.5. The van der Waals surface area contributed by atoms with Gasteiger partial charge in [0.05, 0.1) is 5.56 Å². The van der Waals surface area contributed by atoms with Crippen LogP contribution in [0.5, 0.6) is 0 Å². The van der Waals surface area contributed by atoms with Gasteiger partial charge in [-0.2, -0.15) is 0 Å². The molecular weight excluding hydrogens is 473 g/mol. The van der Waals surface area contributed by atoms with Gasteiger partial charge in [0.2, 0.25) is 0 Å². The third-order valence-corrected chi connectivity index (χ3v) is 5.64. The van der Waals surface area contributed by atoms with E-state index < -0.39 is 17.6 Å². The van der Waals surface area contributed by atoms with Gasteiger partial charge in [-0.15, -0.1) is 0 Å². The van der Waals surface area contributed by atoms with Crippen LogP contribution in [0.2, 0.25) is 0 Å². The van der Waals surface area contributed by atoms with E-state index in [1.54, 1.807) is 18.2 Å². The normalized spacial score (nSPS) is 11.1. The van der Waals surface area contributed by atoms with Crippen LogP contribution in [0, 0.1) is 12.7 Å². The number of halogens is 2. The first-order valence-electron chi connectivity index (χ1n) is 9.87. The fraction of sp³-hybridized carbons (Fsp3) is 0.120. The van der Waals surface area contributed by atoms with Gasteiger partial charge < -0.3 is 15.5 Å². The van der Waals surface area contributed by atoms with Gasteiger partial charge in [-0.25, -0.2) is 4.39 Å². The van der Waals surface area contributed by atoms with Crippen LogP contribution in [-0.4, -0.2) is 25.9 Å². The molecule has 2 N–H and O–H groups in total. The number of anilines is 2. The summed E-state index contributed by atoms with van der Waals surface area (Å²) in [5.41, 5.74) is 3.08. The zero-order chi connectivity index (χ0) is 23.3. The monoisotopic (exact) mass is 495 g/mol. The minimum absolute atomic E-state index is 0.00331. The summed E-state index contributed by atoms with van der Waals surface area (Å²) in [7, 11) is 3.86. The highest BCUT2D eigenvalue weighted by Crippen LogP contribution is 2.21. The van der Waals surface area contributed by atoms with Crippen molar-refractivity contribution in [3.63, 3.8) is 0 Å². The van der Waals surface area contributed by atoms with Crippen LogP contribution in [0.25, 0.3) is 6.08 Å². The molecule has 0 fully saturated rings. The maximum atomic E-state index is 14.1. The summed E-state index contributed by atoms with van der Waals surface area (Å²) < 4.78 is 15.0. The fourth-order valence-electron chi connectivity index (χ4n) is 2.95. The first-order chi connectivity index (χ1) is 15.2. The van der Waals surface area contributed by atoms with E-state index in [2.05, 4.69) is 26.6 Å². The smallest absolute Gasteiger partial charge is 0.272 e. The Balaban J connectivity index is 1.92. The molecular formula is C25H23BrFN3O2. The summed E-state index contributed by atoms with van der Waals surface area (Å²) in [4.78, 5) is 27.7. The Morgan fingerprint density at radius 3 is 2.31 bits per heavy atom. The number of rotatable bonds is 6. The molecule has 0 aliphatic heterocycles. The molecule has 0 bridgehead atoms. The molecule has 5 nitrogen and oxygen atoms in total. The summed E-state index contributed by atoms with van der Waals surface area (Å²) >= 11 is 3.43. The van der Waals surface area contributed by atoms with Crippen molar-refractivity contribution in [1.82, 2.24) is 5.32 Å². The van der Waals surface area contributed by atoms with Gasteiger partial charge in [-0.1, -0.05) is 40.2 Å². The van der Waals surface area contributed by atoms with Gasteiger partial charge in [0, 0.05) is 29.9 Å². The molecule has 0 radical (unpaired) electrons. The van der Waals surface area contributed by atoms with Crippen LogP contribution in [-0.2, 0) is 4.79 Å². The third kappa shape index (κ3) is 5.82. The maximum absolute atomic E-state index is 14.1. The van der Waals surface area contributed by atoms with E-state index in [9.17, 15) is 14.0 Å². The summed E-state index contributed by atoms with van der Waals surface area (Å²) in [5, 5.41) is 5.34. The Morgan fingerprint density at radius 2 is 1.69 bits per heavy atom. The zero-order valence-corrected chi connectivity index (χ0v) is 19.5. The standard InChI is InChI=1S/C25H23BrFN3O2/c1-16-14-18(10-13-21(16)26)28-25(32)23(15-17-8-11-19(12-9-17)30(2)3)29-24(31)20-6-4-5-7-22(20)27/h4-15H,1-3H3,(H,28,32)(H,29,31)/b23-15-. The van der Waals surface area contributed by atoms with E-state index in [-0.39, 0.29) is 11.3 Å². The summed E-state index contributed by atoms with van der Waals surface area (Å²) in [5.74, 6) is -1.89. The number of hydrogen-bond donors (Lipinski definition) is 2. The van der Waals surface area contributed by atoms with Crippen LogP contribution in [0.3, 0.4) is 0 Å². The molecule has 164 valence electrons. The second kappa shape index (κ2) is 10.2. The van der Waals surface area contributed by atoms with E-state index in [1.807, 2.05) is 62.3 Å². The molecule has 0 atom stereocenters. The topological polar surface area (TPSA) is 61.4 Å². The molecule has 3 aromatic carbocycles. The Labute approximate surface area is 195 Å². The van der Waals surface area contributed by atoms with Crippen molar-refractivity contribution in [2.24, 2.45) is 0 Å². The van der Waals surface area contributed by atoms with Crippen molar-refractivity contribution in [2.45, 2.75) is 6.92 Å². The number of aryl methyl sites for hydroxylation is 1. The molecule has 7 heteroatoms. The van der Waals surface area contributed by atoms with E-state index in [0.29, 0.717) is 11.3 Å². The molecule has 0 saturated carbocycles. The van der Waals surface area contributed by atoms with E-state index in [0.717, 1.165) is 15.7 Å². The van der Waals surface area contributed by atoms with Crippen molar-refractivity contribution in [3.05, 3.63) is 99.4 Å². The maximum Gasteiger partial charge on any atom is 0.272 e. The minimum atomic E-state index is -0.707. The molecule has 0 saturated heterocycles. The Morgan fingerprint density at radius 1 is 1.00 bits per heavy atom. The van der Waals surface area contributed by atoms with Crippen molar-refractivity contribution < 1.29 is 14.0 Å². The zero-order valence-electron chi connectivity index (χ0n) is 17.9. The van der Waals surface area contributed by atoms with Gasteiger partial charge in [-0.05, 0) is 66.6 Å². The second-order valence-corrected chi connectivity index (χ2v) is 8.25. The van der Waals surface area contributed by atoms with Gasteiger partial charge in [0.15, 0.2) is 0 Å². The highest BCUT2D eigenvalue weighted by atomic mass is 79.9. The summed E-state index contributed by atoms with van der Waals surface area (Å²) in [6.07, 6.45) is 1.55. The molecule has 0 spiro atoms. The number of nitrogens with zero attached hydrogens (tertiary/aromatic N) is 1. The summed E-state index contributed by atoms with van der Waals surface area (Å²) in [6.45, 7) is 1.91. The predicted octanol–water partition coefficient (Wildman–Crippen LogP) is 5.37. The number of benzene rings is 3. The van der Waals surface area contributed by atoms with Crippen LogP contribution in [0.15, 0.2) is 76.9 Å². The lowest BCUT2D eigenvalue weighted by Crippen LogP contribution is -2.31. The van der Waals surface area contributed by atoms with Gasteiger partial charge >= 0.3 is 0 Å². The largest absolute Gasteiger partial charge is 0.378 e. The van der Waals surface area contributed by atoms with E-state index >= 15 is 0 Å². The third-order valence-electron chi connectivity index (χ3n) is 4.75. The van der Waals surface area contributed by atoms with Crippen LogP contribution in [0.4, 0.5) is 15.8 Å². The van der Waals surface area contributed by atoms with Gasteiger partial charge in [0.1, 0.15) is 11.5 Å². The Bertz CT molecular complexity index is 1170. The number of amides is 2.